The summed E-state index contributed by atoms with van der Waals surface area (Å²) in [4.78, 5) is 4.20. The van der Waals surface area contributed by atoms with E-state index in [2.05, 4.69) is 9.39 Å². The van der Waals surface area contributed by atoms with Gasteiger partial charge in [-0.25, -0.2) is 0 Å². The van der Waals surface area contributed by atoms with Crippen LogP contribution in [0.5, 0.6) is 5.75 Å². The number of benzene rings is 2. The van der Waals surface area contributed by atoms with Crippen molar-refractivity contribution in [2.24, 2.45) is 20.9 Å². The summed E-state index contributed by atoms with van der Waals surface area (Å²) in [7, 11) is -3.92. The van der Waals surface area contributed by atoms with Crippen molar-refractivity contribution < 1.29 is 13.5 Å². The molecule has 0 bridgehead atoms. The minimum atomic E-state index is -3.92. The van der Waals surface area contributed by atoms with E-state index in [9.17, 15) is 13.5 Å². The molecule has 0 amide bonds. The Labute approximate surface area is 140 Å². The maximum absolute atomic E-state index is 11.8. The summed E-state index contributed by atoms with van der Waals surface area (Å²) >= 11 is 0. The molecule has 126 valence electrons. The zero-order valence-electron chi connectivity index (χ0n) is 13.3. The number of phenols is 1. The number of nitrogens with two attached hydrogens (primary N) is 2. The lowest BCUT2D eigenvalue weighted by Crippen LogP contribution is -2.24. The highest BCUT2D eigenvalue weighted by molar-refractivity contribution is 7.90. The first-order chi connectivity index (χ1) is 11.2. The summed E-state index contributed by atoms with van der Waals surface area (Å²) in [6.07, 6.45) is 1.52. The van der Waals surface area contributed by atoms with Crippen LogP contribution in [0.2, 0.25) is 0 Å². The van der Waals surface area contributed by atoms with Crippen LogP contribution >= 0.6 is 0 Å². The number of nitrogens with zero attached hydrogens (tertiary/aromatic N) is 2. The van der Waals surface area contributed by atoms with Gasteiger partial charge >= 0.3 is 0 Å². The number of rotatable bonds is 4. The molecule has 0 atom stereocenters. The van der Waals surface area contributed by atoms with Crippen molar-refractivity contribution in [3.05, 3.63) is 53.1 Å². The molecule has 7 nitrogen and oxygen atoms in total. The lowest BCUT2D eigenvalue weighted by Gasteiger charge is -2.05. The highest BCUT2D eigenvalue weighted by atomic mass is 32.2. The molecule has 24 heavy (non-hydrogen) atoms. The van der Waals surface area contributed by atoms with Crippen molar-refractivity contribution in [3.63, 3.8) is 0 Å². The number of phenolic OH excluding ortho intramolecular Hbond substituents is 1. The molecular weight excluding hydrogens is 328 g/mol. The minimum Gasteiger partial charge on any atom is -0.507 e. The van der Waals surface area contributed by atoms with Crippen LogP contribution in [0, 0.1) is 13.8 Å². The van der Waals surface area contributed by atoms with Crippen molar-refractivity contribution in [1.82, 2.24) is 0 Å². The number of sulfonamides is 1. The second-order valence-corrected chi connectivity index (χ2v) is 6.87. The van der Waals surface area contributed by atoms with Gasteiger partial charge in [0.15, 0.2) is 0 Å². The summed E-state index contributed by atoms with van der Waals surface area (Å²) in [6, 6.07) is 9.43. The standard InChI is InChI=1S/C16H18N4O3S/c1-10-7-11(2)15(21)12(8-10)9-19-13-3-5-14(6-4-13)24(22,23)20-16(17)18/h3-9,21H,1-2H3,(H4,17,18,20). The van der Waals surface area contributed by atoms with Crippen LogP contribution in [0.15, 0.2) is 50.7 Å². The van der Waals surface area contributed by atoms with Gasteiger partial charge in [0, 0.05) is 11.8 Å². The molecule has 5 N–H and O–H groups in total. The summed E-state index contributed by atoms with van der Waals surface area (Å²) in [6.45, 7) is 3.73. The van der Waals surface area contributed by atoms with Crippen LogP contribution in [-0.2, 0) is 10.0 Å². The van der Waals surface area contributed by atoms with Gasteiger partial charge in [-0.2, -0.15) is 8.42 Å². The first-order valence-corrected chi connectivity index (χ1v) is 8.43. The average molecular weight is 346 g/mol. The Kier molecular flexibility index (Phi) is 4.89. The van der Waals surface area contributed by atoms with Gasteiger partial charge in [-0.15, -0.1) is 4.40 Å². The molecule has 2 rings (SSSR count). The van der Waals surface area contributed by atoms with Gasteiger partial charge < -0.3 is 16.6 Å². The van der Waals surface area contributed by atoms with Crippen molar-refractivity contribution >= 4 is 27.9 Å². The van der Waals surface area contributed by atoms with Crippen molar-refractivity contribution in [3.8, 4) is 5.75 Å². The second kappa shape index (κ2) is 6.71. The van der Waals surface area contributed by atoms with E-state index < -0.39 is 16.0 Å². The normalized spacial score (nSPS) is 11.6. The summed E-state index contributed by atoms with van der Waals surface area (Å²) in [5.41, 5.74) is 13.1. The predicted molar refractivity (Wildman–Crippen MR) is 94.3 cm³/mol. The SMILES string of the molecule is Cc1cc(C)c(O)c(C=Nc2ccc(S(=O)(=O)N=C(N)N)cc2)c1. The van der Waals surface area contributed by atoms with Gasteiger partial charge in [0.1, 0.15) is 5.75 Å². The second-order valence-electron chi connectivity index (χ2n) is 5.26. The monoisotopic (exact) mass is 346 g/mol. The lowest BCUT2D eigenvalue weighted by molar-refractivity contribution is 0.470. The van der Waals surface area contributed by atoms with Crippen molar-refractivity contribution in [2.45, 2.75) is 18.7 Å². The minimum absolute atomic E-state index is 0.0379. The number of hydrogen-bond acceptors (Lipinski definition) is 4. The van der Waals surface area contributed by atoms with Crippen LogP contribution in [0.25, 0.3) is 0 Å². The molecule has 0 aliphatic rings. The Hall–Kier alpha value is -2.87. The molecule has 8 heteroatoms. The van der Waals surface area contributed by atoms with E-state index in [0.29, 0.717) is 11.3 Å². The Balaban J connectivity index is 2.29. The van der Waals surface area contributed by atoms with Gasteiger partial charge in [-0.3, -0.25) is 4.99 Å². The smallest absolute Gasteiger partial charge is 0.285 e. The number of aliphatic imine (C=N–C) groups is 1. The third-order valence-electron chi connectivity index (χ3n) is 3.19. The van der Waals surface area contributed by atoms with E-state index >= 15 is 0 Å². The largest absolute Gasteiger partial charge is 0.507 e. The molecular formula is C16H18N4O3S. The Morgan fingerprint density at radius 1 is 1.12 bits per heavy atom. The first kappa shape index (κ1) is 17.5. The topological polar surface area (TPSA) is 131 Å². The number of aromatic hydroxyl groups is 1. The average Bonchev–Trinajstić information content (AvgIpc) is 2.48. The van der Waals surface area contributed by atoms with Crippen LogP contribution in [0.4, 0.5) is 5.69 Å². The highest BCUT2D eigenvalue weighted by Gasteiger charge is 2.12. The molecule has 0 aliphatic carbocycles. The number of guanidine groups is 1. The van der Waals surface area contributed by atoms with Gasteiger partial charge in [-0.05, 0) is 55.3 Å². The van der Waals surface area contributed by atoms with Crippen LogP contribution in [0.1, 0.15) is 16.7 Å². The molecule has 0 aromatic heterocycles. The van der Waals surface area contributed by atoms with Gasteiger partial charge in [0.25, 0.3) is 10.0 Å². The van der Waals surface area contributed by atoms with E-state index in [1.165, 1.54) is 30.5 Å². The van der Waals surface area contributed by atoms with E-state index in [1.54, 1.807) is 0 Å². The number of hydrogen-bond donors (Lipinski definition) is 3. The molecule has 0 fully saturated rings. The molecule has 0 spiro atoms. The Morgan fingerprint density at radius 3 is 2.33 bits per heavy atom. The van der Waals surface area contributed by atoms with E-state index in [0.717, 1.165) is 11.1 Å². The van der Waals surface area contributed by atoms with E-state index in [1.807, 2.05) is 26.0 Å². The lowest BCUT2D eigenvalue weighted by atomic mass is 10.1. The molecule has 0 saturated heterocycles. The Morgan fingerprint density at radius 2 is 1.75 bits per heavy atom. The van der Waals surface area contributed by atoms with Gasteiger partial charge in [-0.1, -0.05) is 6.07 Å². The summed E-state index contributed by atoms with van der Waals surface area (Å²) in [5, 5.41) is 10.0. The zero-order chi connectivity index (χ0) is 17.9. The Bertz CT molecular complexity index is 913. The van der Waals surface area contributed by atoms with E-state index in [4.69, 9.17) is 11.5 Å². The summed E-state index contributed by atoms with van der Waals surface area (Å²) < 4.78 is 26.9. The maximum Gasteiger partial charge on any atom is 0.285 e. The van der Waals surface area contributed by atoms with Crippen LogP contribution in [0.3, 0.4) is 0 Å². The molecule has 0 unspecified atom stereocenters. The van der Waals surface area contributed by atoms with Crippen molar-refractivity contribution in [1.29, 1.82) is 0 Å². The fourth-order valence-electron chi connectivity index (χ4n) is 2.13. The number of aryl methyl sites for hydroxylation is 2. The summed E-state index contributed by atoms with van der Waals surface area (Å²) in [5.74, 6) is -0.362. The van der Waals surface area contributed by atoms with Gasteiger partial charge in [0.05, 0.1) is 10.6 Å². The van der Waals surface area contributed by atoms with Crippen LogP contribution < -0.4 is 11.5 Å². The van der Waals surface area contributed by atoms with E-state index in [-0.39, 0.29) is 10.6 Å². The highest BCUT2D eigenvalue weighted by Crippen LogP contribution is 2.23. The van der Waals surface area contributed by atoms with Gasteiger partial charge in [0.2, 0.25) is 5.96 Å². The molecule has 2 aromatic rings. The first-order valence-electron chi connectivity index (χ1n) is 6.99. The maximum atomic E-state index is 11.8. The third kappa shape index (κ3) is 4.11. The predicted octanol–water partition coefficient (Wildman–Crippen LogP) is 1.72. The quantitative estimate of drug-likeness (QED) is 0.573. The molecule has 0 heterocycles. The fourth-order valence-corrected chi connectivity index (χ4v) is 2.99. The third-order valence-corrected chi connectivity index (χ3v) is 4.51. The molecule has 0 saturated carbocycles. The zero-order valence-corrected chi connectivity index (χ0v) is 14.1. The van der Waals surface area contributed by atoms with Crippen LogP contribution in [-0.4, -0.2) is 25.7 Å². The molecule has 2 aromatic carbocycles. The molecule has 0 aliphatic heterocycles. The fraction of sp³-hybridized carbons (Fsp3) is 0.125. The van der Waals surface area contributed by atoms with Crippen molar-refractivity contribution in [2.75, 3.05) is 0 Å². The molecule has 0 radical (unpaired) electrons.